The van der Waals surface area contributed by atoms with E-state index in [-0.39, 0.29) is 17.5 Å². The van der Waals surface area contributed by atoms with Crippen molar-refractivity contribution < 1.29 is 9.59 Å². The van der Waals surface area contributed by atoms with E-state index in [2.05, 4.69) is 45.8 Å². The number of Topliss-reactive ketones (excluding diaryl/α,β-unsaturated/α-hetero) is 2. The minimum absolute atomic E-state index is 0.174. The molecule has 2 aliphatic carbocycles. The van der Waals surface area contributed by atoms with Crippen molar-refractivity contribution in [3.8, 4) is 12.3 Å². The fraction of sp³-hybridized carbons (Fsp3) is 0.290. The van der Waals surface area contributed by atoms with Crippen LogP contribution in [0.15, 0.2) is 83.3 Å². The molecule has 0 saturated carbocycles. The fourth-order valence-electron chi connectivity index (χ4n) is 6.22. The third kappa shape index (κ3) is 3.54. The molecule has 0 N–H and O–H groups in total. The highest BCUT2D eigenvalue weighted by Crippen LogP contribution is 2.51. The van der Waals surface area contributed by atoms with Gasteiger partial charge >= 0.3 is 0 Å². The Kier molecular flexibility index (Phi) is 5.41. The molecule has 4 heteroatoms. The molecule has 3 aliphatic rings. The summed E-state index contributed by atoms with van der Waals surface area (Å²) in [6.45, 7) is 1.14. The van der Waals surface area contributed by atoms with Gasteiger partial charge in [0.05, 0.1) is 6.54 Å². The number of carbonyl (C=O) groups excluding carboxylic acids is 2. The molecular weight excluding hydrogens is 432 g/mol. The van der Waals surface area contributed by atoms with Crippen molar-refractivity contribution in [1.82, 2.24) is 9.47 Å². The standard InChI is InChI=1S/C31H28N2O2/c1-2-18-32-20-23(22-12-6-7-13-24(22)32)29-30-25(14-8-16-27(30)34)33(19-21-10-4-3-5-11-21)26-15-9-17-28(35)31(26)29/h1,3-7,10-13,20,29H,8-9,14-19H2. The number of terminal acetylenes is 1. The van der Waals surface area contributed by atoms with Gasteiger partial charge in [-0.2, -0.15) is 0 Å². The fourth-order valence-corrected chi connectivity index (χ4v) is 6.22. The maximum atomic E-state index is 13.6. The minimum atomic E-state index is -0.323. The van der Waals surface area contributed by atoms with Gasteiger partial charge in [-0.05, 0) is 42.9 Å². The number of hydrogen-bond donors (Lipinski definition) is 0. The molecule has 0 fully saturated rings. The zero-order valence-corrected chi connectivity index (χ0v) is 19.8. The van der Waals surface area contributed by atoms with E-state index in [1.54, 1.807) is 0 Å². The third-order valence-corrected chi connectivity index (χ3v) is 7.66. The Bertz CT molecular complexity index is 1400. The zero-order valence-electron chi connectivity index (χ0n) is 19.8. The maximum absolute atomic E-state index is 13.6. The van der Waals surface area contributed by atoms with Gasteiger partial charge in [0.2, 0.25) is 0 Å². The molecule has 0 spiro atoms. The number of allylic oxidation sites excluding steroid dienone is 4. The summed E-state index contributed by atoms with van der Waals surface area (Å²) in [6, 6.07) is 18.5. The highest BCUT2D eigenvalue weighted by atomic mass is 16.1. The average molecular weight is 461 g/mol. The summed E-state index contributed by atoms with van der Waals surface area (Å²) in [6.07, 6.45) is 12.3. The molecule has 2 heterocycles. The summed E-state index contributed by atoms with van der Waals surface area (Å²) in [4.78, 5) is 29.5. The quantitative estimate of drug-likeness (QED) is 0.456. The SMILES string of the molecule is C#CCn1cc(C2C3=C(CCCC3=O)N(Cc3ccccc3)C3=C2C(=O)CCC3)c2ccccc21. The van der Waals surface area contributed by atoms with E-state index in [1.807, 2.05) is 30.3 Å². The molecule has 0 radical (unpaired) electrons. The van der Waals surface area contributed by atoms with E-state index in [9.17, 15) is 9.59 Å². The summed E-state index contributed by atoms with van der Waals surface area (Å²) >= 11 is 0. The van der Waals surface area contributed by atoms with E-state index >= 15 is 0 Å². The van der Waals surface area contributed by atoms with Gasteiger partial charge in [-0.1, -0.05) is 54.5 Å². The minimum Gasteiger partial charge on any atom is -0.343 e. The molecule has 3 aromatic rings. The molecule has 0 atom stereocenters. The molecule has 35 heavy (non-hydrogen) atoms. The van der Waals surface area contributed by atoms with Gasteiger partial charge in [0.1, 0.15) is 0 Å². The smallest absolute Gasteiger partial charge is 0.161 e. The number of rotatable bonds is 4. The van der Waals surface area contributed by atoms with Crippen LogP contribution < -0.4 is 0 Å². The normalized spacial score (nSPS) is 18.7. The predicted molar refractivity (Wildman–Crippen MR) is 137 cm³/mol. The molecule has 4 nitrogen and oxygen atoms in total. The van der Waals surface area contributed by atoms with Crippen LogP contribution in [0.3, 0.4) is 0 Å². The lowest BCUT2D eigenvalue weighted by Crippen LogP contribution is -2.38. The van der Waals surface area contributed by atoms with Gasteiger partial charge in [0.25, 0.3) is 0 Å². The Morgan fingerprint density at radius 2 is 1.46 bits per heavy atom. The van der Waals surface area contributed by atoms with Crippen LogP contribution in [0.4, 0.5) is 0 Å². The summed E-state index contributed by atoms with van der Waals surface area (Å²) in [5.74, 6) is 2.78. The van der Waals surface area contributed by atoms with Crippen molar-refractivity contribution in [1.29, 1.82) is 0 Å². The van der Waals surface area contributed by atoms with Gasteiger partial charge in [-0.15, -0.1) is 6.42 Å². The van der Waals surface area contributed by atoms with Crippen LogP contribution in [0.5, 0.6) is 0 Å². The van der Waals surface area contributed by atoms with Crippen LogP contribution in [0, 0.1) is 12.3 Å². The first kappa shape index (κ1) is 21.7. The van der Waals surface area contributed by atoms with Crippen molar-refractivity contribution in [3.05, 3.63) is 94.5 Å². The first-order chi connectivity index (χ1) is 17.2. The van der Waals surface area contributed by atoms with Crippen LogP contribution in [0.1, 0.15) is 55.6 Å². The average Bonchev–Trinajstić information content (AvgIpc) is 3.24. The molecule has 0 unspecified atom stereocenters. The first-order valence-electron chi connectivity index (χ1n) is 12.5. The number of aromatic nitrogens is 1. The van der Waals surface area contributed by atoms with Gasteiger partial charge in [-0.3, -0.25) is 9.59 Å². The number of para-hydroxylation sites is 1. The summed E-state index contributed by atoms with van der Waals surface area (Å²) < 4.78 is 2.07. The molecule has 2 aromatic carbocycles. The molecule has 0 saturated heterocycles. The number of fused-ring (bicyclic) bond motifs is 1. The maximum Gasteiger partial charge on any atom is 0.161 e. The Labute approximate surface area is 205 Å². The van der Waals surface area contributed by atoms with Crippen LogP contribution in [-0.2, 0) is 22.7 Å². The van der Waals surface area contributed by atoms with Gasteiger partial charge in [-0.25, -0.2) is 0 Å². The Morgan fingerprint density at radius 3 is 2.11 bits per heavy atom. The molecular formula is C31H28N2O2. The van der Waals surface area contributed by atoms with Crippen LogP contribution in [0.2, 0.25) is 0 Å². The molecule has 0 amide bonds. The van der Waals surface area contributed by atoms with Crippen molar-refractivity contribution in [2.75, 3.05) is 0 Å². The van der Waals surface area contributed by atoms with E-state index < -0.39 is 0 Å². The zero-order chi connectivity index (χ0) is 23.9. The van der Waals surface area contributed by atoms with Crippen LogP contribution in [0.25, 0.3) is 10.9 Å². The van der Waals surface area contributed by atoms with E-state index in [4.69, 9.17) is 6.42 Å². The van der Waals surface area contributed by atoms with Crippen molar-refractivity contribution in [2.45, 2.75) is 57.5 Å². The lowest BCUT2D eigenvalue weighted by atomic mass is 9.71. The second-order valence-corrected chi connectivity index (χ2v) is 9.71. The summed E-state index contributed by atoms with van der Waals surface area (Å²) in [5.41, 5.74) is 7.12. The monoisotopic (exact) mass is 460 g/mol. The van der Waals surface area contributed by atoms with Gasteiger partial charge < -0.3 is 9.47 Å². The highest BCUT2D eigenvalue weighted by molar-refractivity contribution is 6.07. The number of benzene rings is 2. The highest BCUT2D eigenvalue weighted by Gasteiger charge is 2.44. The van der Waals surface area contributed by atoms with Crippen molar-refractivity contribution in [2.24, 2.45) is 0 Å². The predicted octanol–water partition coefficient (Wildman–Crippen LogP) is 5.89. The van der Waals surface area contributed by atoms with E-state index in [0.29, 0.717) is 25.9 Å². The lowest BCUT2D eigenvalue weighted by molar-refractivity contribution is -0.117. The van der Waals surface area contributed by atoms with Crippen molar-refractivity contribution >= 4 is 22.5 Å². The van der Waals surface area contributed by atoms with Gasteiger partial charge in [0, 0.05) is 64.9 Å². The van der Waals surface area contributed by atoms with Crippen molar-refractivity contribution in [3.63, 3.8) is 0 Å². The second-order valence-electron chi connectivity index (χ2n) is 9.71. The number of ketones is 2. The molecule has 174 valence electrons. The summed E-state index contributed by atoms with van der Waals surface area (Å²) in [7, 11) is 0. The topological polar surface area (TPSA) is 42.3 Å². The third-order valence-electron chi connectivity index (χ3n) is 7.66. The Balaban J connectivity index is 1.60. The number of carbonyl (C=O) groups is 2. The molecule has 1 aromatic heterocycles. The number of nitrogens with zero attached hydrogens (tertiary/aromatic N) is 2. The number of hydrogen-bond acceptors (Lipinski definition) is 3. The molecule has 1 aliphatic heterocycles. The molecule has 0 bridgehead atoms. The molecule has 6 rings (SSSR count). The van der Waals surface area contributed by atoms with Gasteiger partial charge in [0.15, 0.2) is 11.6 Å². The summed E-state index contributed by atoms with van der Waals surface area (Å²) in [5, 5.41) is 1.07. The lowest BCUT2D eigenvalue weighted by Gasteiger charge is -2.44. The Morgan fingerprint density at radius 1 is 0.829 bits per heavy atom. The van der Waals surface area contributed by atoms with Crippen LogP contribution >= 0.6 is 0 Å². The van der Waals surface area contributed by atoms with Crippen LogP contribution in [-0.4, -0.2) is 21.0 Å². The van der Waals surface area contributed by atoms with E-state index in [1.165, 1.54) is 5.56 Å². The van der Waals surface area contributed by atoms with E-state index in [0.717, 1.165) is 64.7 Å². The first-order valence-corrected chi connectivity index (χ1v) is 12.5. The second kappa shape index (κ2) is 8.74. The Hall–Kier alpha value is -3.84. The largest absolute Gasteiger partial charge is 0.343 e.